The average Bonchev–Trinajstić information content (AvgIpc) is 2.56. The van der Waals surface area contributed by atoms with E-state index in [1.807, 2.05) is 6.92 Å². The predicted molar refractivity (Wildman–Crippen MR) is 88.8 cm³/mol. The molecule has 6 nitrogen and oxygen atoms in total. The molecule has 4 atom stereocenters. The lowest BCUT2D eigenvalue weighted by Gasteiger charge is -2.57. The topological polar surface area (TPSA) is 66.4 Å². The van der Waals surface area contributed by atoms with E-state index in [0.717, 1.165) is 31.3 Å². The molecule has 4 rings (SSSR count). The van der Waals surface area contributed by atoms with Crippen LogP contribution in [0.4, 0.5) is 0 Å². The Hall–Kier alpha value is -0.500. The third kappa shape index (κ3) is 2.87. The van der Waals surface area contributed by atoms with E-state index in [1.54, 1.807) is 7.11 Å². The van der Waals surface area contributed by atoms with Crippen LogP contribution in [0.3, 0.4) is 0 Å². The number of methoxy groups -OCH3 is 1. The van der Waals surface area contributed by atoms with Crippen LogP contribution in [0.25, 0.3) is 0 Å². The molecule has 2 bridgehead atoms. The Morgan fingerprint density at radius 3 is 2.64 bits per heavy atom. The van der Waals surface area contributed by atoms with Gasteiger partial charge in [0.05, 0.1) is 12.2 Å². The summed E-state index contributed by atoms with van der Waals surface area (Å²) >= 11 is 0. The minimum Gasteiger partial charge on any atom is -0.390 e. The van der Waals surface area contributed by atoms with Crippen LogP contribution in [0, 0.1) is 17.8 Å². The largest absolute Gasteiger partial charge is 0.390 e. The van der Waals surface area contributed by atoms with Gasteiger partial charge in [-0.2, -0.15) is 19.6 Å². The fourth-order valence-corrected chi connectivity index (χ4v) is 5.47. The van der Waals surface area contributed by atoms with Crippen molar-refractivity contribution in [2.75, 3.05) is 13.7 Å². The Balaban J connectivity index is 1.56. The Morgan fingerprint density at radius 2 is 1.92 bits per heavy atom. The molecule has 1 N–H and O–H groups in total. The van der Waals surface area contributed by atoms with Gasteiger partial charge in [0.25, 0.3) is 5.79 Å². The van der Waals surface area contributed by atoms with Crippen molar-refractivity contribution in [2.24, 2.45) is 17.8 Å². The van der Waals surface area contributed by atoms with Gasteiger partial charge in [0.2, 0.25) is 5.79 Å². The van der Waals surface area contributed by atoms with E-state index in [9.17, 15) is 5.11 Å². The van der Waals surface area contributed by atoms with Crippen LogP contribution in [0.2, 0.25) is 0 Å². The zero-order valence-corrected chi connectivity index (χ0v) is 15.5. The number of hydrogen-bond acceptors (Lipinski definition) is 6. The maximum absolute atomic E-state index is 10.9. The quantitative estimate of drug-likeness (QED) is 0.606. The van der Waals surface area contributed by atoms with Crippen molar-refractivity contribution in [1.82, 2.24) is 0 Å². The summed E-state index contributed by atoms with van der Waals surface area (Å²) in [4.78, 5) is 23.9. The highest BCUT2D eigenvalue weighted by Crippen LogP contribution is 2.56. The van der Waals surface area contributed by atoms with E-state index in [1.165, 1.54) is 0 Å². The first kappa shape index (κ1) is 17.9. The highest BCUT2D eigenvalue weighted by atomic mass is 17.4. The van der Waals surface area contributed by atoms with Crippen molar-refractivity contribution in [3.05, 3.63) is 11.6 Å². The van der Waals surface area contributed by atoms with Gasteiger partial charge in [-0.15, -0.1) is 0 Å². The fraction of sp³-hybridized carbons (Fsp3) is 0.895. The number of fused-ring (bicyclic) bond motifs is 3. The van der Waals surface area contributed by atoms with Crippen LogP contribution in [0.15, 0.2) is 11.6 Å². The predicted octanol–water partition coefficient (Wildman–Crippen LogP) is 3.25. The fourth-order valence-electron chi connectivity index (χ4n) is 5.47. The van der Waals surface area contributed by atoms with Gasteiger partial charge in [-0.25, -0.2) is 0 Å². The summed E-state index contributed by atoms with van der Waals surface area (Å²) in [6.07, 6.45) is 7.77. The molecule has 3 fully saturated rings. The van der Waals surface area contributed by atoms with Crippen molar-refractivity contribution < 1.29 is 29.4 Å². The highest BCUT2D eigenvalue weighted by Gasteiger charge is 2.63. The second-order valence-electron chi connectivity index (χ2n) is 8.64. The van der Waals surface area contributed by atoms with Gasteiger partial charge in [-0.1, -0.05) is 19.9 Å². The van der Waals surface area contributed by atoms with Crippen LogP contribution in [0.5, 0.6) is 0 Å². The number of allylic oxidation sites excluding steroid dienone is 1. The Labute approximate surface area is 149 Å². The number of ether oxygens (including phenoxy) is 1. The van der Waals surface area contributed by atoms with E-state index in [0.29, 0.717) is 31.8 Å². The van der Waals surface area contributed by atoms with Gasteiger partial charge < -0.3 is 9.84 Å². The van der Waals surface area contributed by atoms with Crippen molar-refractivity contribution in [1.29, 1.82) is 0 Å². The molecule has 142 valence electrons. The van der Waals surface area contributed by atoms with Crippen LogP contribution in [-0.4, -0.2) is 36.0 Å². The molecular weight excluding hydrogens is 324 g/mol. The van der Waals surface area contributed by atoms with E-state index in [2.05, 4.69) is 13.0 Å². The molecule has 1 heterocycles. The van der Waals surface area contributed by atoms with Crippen molar-refractivity contribution >= 4 is 0 Å². The number of hydrogen-bond donors (Lipinski definition) is 1. The van der Waals surface area contributed by atoms with Crippen molar-refractivity contribution in [3.8, 4) is 0 Å². The van der Waals surface area contributed by atoms with Gasteiger partial charge in [0.1, 0.15) is 0 Å². The number of aliphatic hydroxyl groups is 1. The van der Waals surface area contributed by atoms with E-state index in [4.69, 9.17) is 24.3 Å². The molecule has 1 saturated heterocycles. The second kappa shape index (κ2) is 6.29. The third-order valence-electron chi connectivity index (χ3n) is 6.49. The first-order valence-corrected chi connectivity index (χ1v) is 9.56. The molecular formula is C19H30O6. The molecule has 0 aromatic heterocycles. The van der Waals surface area contributed by atoms with Gasteiger partial charge in [-0.05, 0) is 44.4 Å². The summed E-state index contributed by atoms with van der Waals surface area (Å²) in [6, 6.07) is 0. The zero-order chi connectivity index (χ0) is 17.7. The Bertz CT molecular complexity index is 534. The summed E-state index contributed by atoms with van der Waals surface area (Å²) in [6.45, 7) is 4.65. The molecule has 2 spiro atoms. The molecule has 0 amide bonds. The van der Waals surface area contributed by atoms with Gasteiger partial charge in [-0.3, -0.25) is 0 Å². The van der Waals surface area contributed by atoms with E-state index in [-0.39, 0.29) is 11.8 Å². The molecule has 2 saturated carbocycles. The van der Waals surface area contributed by atoms with E-state index < -0.39 is 17.2 Å². The lowest BCUT2D eigenvalue weighted by atomic mass is 9.60. The summed E-state index contributed by atoms with van der Waals surface area (Å²) in [5, 5.41) is 10.9. The Kier molecular flexibility index (Phi) is 4.50. The van der Waals surface area contributed by atoms with Gasteiger partial charge in [0, 0.05) is 30.9 Å². The van der Waals surface area contributed by atoms with Gasteiger partial charge in [0.15, 0.2) is 0 Å². The SMILES string of the molecule is COCC1=CCCCC12OOC1(OO2)C(C)CC2(O)CC(C)CC1C2. The minimum atomic E-state index is -1.01. The molecule has 0 aromatic rings. The van der Waals surface area contributed by atoms with Crippen LogP contribution in [-0.2, 0) is 24.3 Å². The van der Waals surface area contributed by atoms with Gasteiger partial charge >= 0.3 is 0 Å². The van der Waals surface area contributed by atoms with Crippen LogP contribution < -0.4 is 0 Å². The lowest BCUT2D eigenvalue weighted by Crippen LogP contribution is -2.64. The molecule has 4 unspecified atom stereocenters. The summed E-state index contributed by atoms with van der Waals surface area (Å²) in [7, 11) is 1.66. The van der Waals surface area contributed by atoms with Crippen LogP contribution in [0.1, 0.15) is 58.8 Å². The minimum absolute atomic E-state index is 0.0143. The van der Waals surface area contributed by atoms with Crippen molar-refractivity contribution in [3.63, 3.8) is 0 Å². The average molecular weight is 354 g/mol. The normalized spacial score (nSPS) is 50.1. The first-order valence-electron chi connectivity index (χ1n) is 9.56. The molecule has 0 aromatic carbocycles. The summed E-state index contributed by atoms with van der Waals surface area (Å²) in [5.41, 5.74) is 0.286. The van der Waals surface area contributed by atoms with Crippen molar-refractivity contribution in [2.45, 2.75) is 76.0 Å². The first-order chi connectivity index (χ1) is 11.9. The smallest absolute Gasteiger partial charge is 0.257 e. The summed E-state index contributed by atoms with van der Waals surface area (Å²) in [5.74, 6) is -1.48. The molecule has 6 heteroatoms. The molecule has 1 aliphatic heterocycles. The lowest BCUT2D eigenvalue weighted by molar-refractivity contribution is -0.669. The zero-order valence-electron chi connectivity index (χ0n) is 15.5. The maximum atomic E-state index is 10.9. The summed E-state index contributed by atoms with van der Waals surface area (Å²) < 4.78 is 5.29. The Morgan fingerprint density at radius 1 is 1.16 bits per heavy atom. The molecule has 4 aliphatic rings. The maximum Gasteiger partial charge on any atom is 0.257 e. The van der Waals surface area contributed by atoms with E-state index >= 15 is 0 Å². The van der Waals surface area contributed by atoms with Crippen LogP contribution >= 0.6 is 0 Å². The third-order valence-corrected chi connectivity index (χ3v) is 6.49. The molecule has 0 radical (unpaired) electrons. The highest BCUT2D eigenvalue weighted by molar-refractivity contribution is 5.17. The molecule has 3 aliphatic carbocycles. The standard InChI is InChI=1S/C19H30O6/c1-13-8-16-11-17(20,9-13)10-14(2)19(16)24-22-18(23-25-19)7-5-4-6-15(18)12-21-3/h6,13-14,16,20H,4-5,7-12H2,1-3H3. The monoisotopic (exact) mass is 354 g/mol. The number of rotatable bonds is 2. The molecule has 25 heavy (non-hydrogen) atoms. The second-order valence-corrected chi connectivity index (χ2v) is 8.64.